The van der Waals surface area contributed by atoms with Crippen molar-refractivity contribution in [3.05, 3.63) is 58.9 Å². The Morgan fingerprint density at radius 1 is 1.10 bits per heavy atom. The zero-order chi connectivity index (χ0) is 15.6. The van der Waals surface area contributed by atoms with Crippen molar-refractivity contribution in [2.75, 3.05) is 5.32 Å². The fraction of sp³-hybridized carbons (Fsp3) is 0.0667. The number of hydrogen-bond donors (Lipinski definition) is 3. The summed E-state index contributed by atoms with van der Waals surface area (Å²) in [4.78, 5) is 22.8. The van der Waals surface area contributed by atoms with Crippen molar-refractivity contribution in [3.8, 4) is 5.75 Å². The van der Waals surface area contributed by atoms with Crippen LogP contribution in [-0.2, 0) is 0 Å². The van der Waals surface area contributed by atoms with Gasteiger partial charge in [0.2, 0.25) is 0 Å². The van der Waals surface area contributed by atoms with Crippen LogP contribution in [0.1, 0.15) is 26.3 Å². The van der Waals surface area contributed by atoms with E-state index in [0.717, 1.165) is 12.1 Å². The van der Waals surface area contributed by atoms with Gasteiger partial charge < -0.3 is 15.5 Å². The zero-order valence-corrected chi connectivity index (χ0v) is 11.1. The molecule has 2 rings (SSSR count). The highest BCUT2D eigenvalue weighted by atomic mass is 19.1. The summed E-state index contributed by atoms with van der Waals surface area (Å²) < 4.78 is 13.7. The van der Waals surface area contributed by atoms with E-state index < -0.39 is 23.4 Å². The minimum absolute atomic E-state index is 0.148. The van der Waals surface area contributed by atoms with E-state index in [1.54, 1.807) is 13.0 Å². The number of anilines is 1. The number of aryl methyl sites for hydroxylation is 1. The molecule has 0 saturated heterocycles. The molecule has 5 nitrogen and oxygen atoms in total. The Bertz CT molecular complexity index is 728. The van der Waals surface area contributed by atoms with Gasteiger partial charge in [-0.25, -0.2) is 9.18 Å². The number of rotatable bonds is 3. The van der Waals surface area contributed by atoms with Gasteiger partial charge in [0.05, 0.1) is 5.56 Å². The SMILES string of the molecule is Cc1ccc(C(=O)Nc2ccc(O)c(C(=O)O)c2)c(F)c1. The average Bonchev–Trinajstić information content (AvgIpc) is 2.40. The molecule has 0 spiro atoms. The normalized spacial score (nSPS) is 10.2. The van der Waals surface area contributed by atoms with Crippen LogP contribution in [0.5, 0.6) is 5.75 Å². The zero-order valence-electron chi connectivity index (χ0n) is 11.1. The lowest BCUT2D eigenvalue weighted by molar-refractivity contribution is 0.0693. The van der Waals surface area contributed by atoms with Crippen molar-refractivity contribution in [2.24, 2.45) is 0 Å². The molecule has 0 atom stereocenters. The van der Waals surface area contributed by atoms with Crippen LogP contribution >= 0.6 is 0 Å². The number of aromatic hydroxyl groups is 1. The Morgan fingerprint density at radius 3 is 2.43 bits per heavy atom. The van der Waals surface area contributed by atoms with E-state index in [1.165, 1.54) is 18.2 Å². The molecule has 0 bridgehead atoms. The number of benzene rings is 2. The summed E-state index contributed by atoms with van der Waals surface area (Å²) in [5, 5.41) is 20.6. The maximum Gasteiger partial charge on any atom is 0.339 e. The number of carboxylic acids is 1. The van der Waals surface area contributed by atoms with E-state index in [1.807, 2.05) is 0 Å². The molecule has 0 heterocycles. The summed E-state index contributed by atoms with van der Waals surface area (Å²) in [7, 11) is 0. The van der Waals surface area contributed by atoms with Crippen LogP contribution in [0, 0.1) is 12.7 Å². The molecule has 2 aromatic carbocycles. The Labute approximate surface area is 119 Å². The largest absolute Gasteiger partial charge is 0.507 e. The molecule has 0 aliphatic heterocycles. The highest BCUT2D eigenvalue weighted by molar-refractivity contribution is 6.05. The molecular formula is C15H12FNO4. The second kappa shape index (κ2) is 5.62. The Balaban J connectivity index is 2.27. The van der Waals surface area contributed by atoms with Crippen molar-refractivity contribution in [2.45, 2.75) is 6.92 Å². The summed E-state index contributed by atoms with van der Waals surface area (Å²) in [6.45, 7) is 1.70. The minimum Gasteiger partial charge on any atom is -0.507 e. The van der Waals surface area contributed by atoms with Crippen molar-refractivity contribution in [1.29, 1.82) is 0 Å². The maximum absolute atomic E-state index is 13.7. The third kappa shape index (κ3) is 3.17. The van der Waals surface area contributed by atoms with Gasteiger partial charge in [-0.2, -0.15) is 0 Å². The molecule has 0 aliphatic rings. The molecular weight excluding hydrogens is 277 g/mol. The first kappa shape index (κ1) is 14.5. The highest BCUT2D eigenvalue weighted by Crippen LogP contribution is 2.22. The lowest BCUT2D eigenvalue weighted by Crippen LogP contribution is -2.14. The van der Waals surface area contributed by atoms with Crippen LogP contribution in [0.4, 0.5) is 10.1 Å². The van der Waals surface area contributed by atoms with Crippen molar-refractivity contribution in [3.63, 3.8) is 0 Å². The molecule has 0 fully saturated rings. The van der Waals surface area contributed by atoms with E-state index in [0.29, 0.717) is 5.56 Å². The number of carboxylic acid groups (broad SMARTS) is 1. The smallest absolute Gasteiger partial charge is 0.339 e. The molecule has 1 amide bonds. The van der Waals surface area contributed by atoms with Gasteiger partial charge in [-0.05, 0) is 42.8 Å². The number of halogens is 1. The van der Waals surface area contributed by atoms with Gasteiger partial charge in [0.25, 0.3) is 5.91 Å². The highest BCUT2D eigenvalue weighted by Gasteiger charge is 2.14. The van der Waals surface area contributed by atoms with Gasteiger partial charge in [0.1, 0.15) is 17.1 Å². The summed E-state index contributed by atoms with van der Waals surface area (Å²) >= 11 is 0. The van der Waals surface area contributed by atoms with Crippen LogP contribution in [0.25, 0.3) is 0 Å². The number of carbonyl (C=O) groups is 2. The summed E-state index contributed by atoms with van der Waals surface area (Å²) in [6, 6.07) is 7.74. The summed E-state index contributed by atoms with van der Waals surface area (Å²) in [6.07, 6.45) is 0. The van der Waals surface area contributed by atoms with Crippen molar-refractivity contribution < 1.29 is 24.2 Å². The molecule has 0 unspecified atom stereocenters. The molecule has 6 heteroatoms. The summed E-state index contributed by atoms with van der Waals surface area (Å²) in [5.41, 5.74) is 0.333. The van der Waals surface area contributed by atoms with Crippen LogP contribution in [0.15, 0.2) is 36.4 Å². The first-order chi connectivity index (χ1) is 9.88. The average molecular weight is 289 g/mol. The van der Waals surface area contributed by atoms with Crippen molar-refractivity contribution >= 4 is 17.6 Å². The number of amides is 1. The van der Waals surface area contributed by atoms with Gasteiger partial charge in [0, 0.05) is 5.69 Å². The fourth-order valence-corrected chi connectivity index (χ4v) is 1.79. The molecule has 3 N–H and O–H groups in total. The number of hydrogen-bond acceptors (Lipinski definition) is 3. The quantitative estimate of drug-likeness (QED) is 0.758. The molecule has 0 aromatic heterocycles. The minimum atomic E-state index is -1.33. The predicted molar refractivity (Wildman–Crippen MR) is 74.2 cm³/mol. The number of aromatic carboxylic acids is 1. The lowest BCUT2D eigenvalue weighted by Gasteiger charge is -2.08. The number of phenols is 1. The van der Waals surface area contributed by atoms with Crippen LogP contribution < -0.4 is 5.32 Å². The fourth-order valence-electron chi connectivity index (χ4n) is 1.79. The third-order valence-corrected chi connectivity index (χ3v) is 2.85. The van der Waals surface area contributed by atoms with E-state index in [2.05, 4.69) is 5.32 Å². The standard InChI is InChI=1S/C15H12FNO4/c1-8-2-4-10(12(16)6-8)14(19)17-9-3-5-13(18)11(7-9)15(20)21/h2-7,18H,1H3,(H,17,19)(H,20,21). The van der Waals surface area contributed by atoms with Crippen LogP contribution in [0.2, 0.25) is 0 Å². The topological polar surface area (TPSA) is 86.6 Å². The van der Waals surface area contributed by atoms with Gasteiger partial charge in [-0.1, -0.05) is 6.07 Å². The van der Waals surface area contributed by atoms with Crippen molar-refractivity contribution in [1.82, 2.24) is 0 Å². The van der Waals surface area contributed by atoms with E-state index in [4.69, 9.17) is 5.11 Å². The maximum atomic E-state index is 13.7. The molecule has 2 aromatic rings. The first-order valence-electron chi connectivity index (χ1n) is 6.02. The van der Waals surface area contributed by atoms with Crippen LogP contribution in [0.3, 0.4) is 0 Å². The Hall–Kier alpha value is -2.89. The monoisotopic (exact) mass is 289 g/mol. The Kier molecular flexibility index (Phi) is 3.89. The number of carbonyl (C=O) groups excluding carboxylic acids is 1. The molecule has 0 aliphatic carbocycles. The second-order valence-corrected chi connectivity index (χ2v) is 4.47. The molecule has 0 radical (unpaired) electrons. The molecule has 0 saturated carbocycles. The second-order valence-electron chi connectivity index (χ2n) is 4.47. The van der Waals surface area contributed by atoms with Gasteiger partial charge >= 0.3 is 5.97 Å². The van der Waals surface area contributed by atoms with E-state index in [9.17, 15) is 19.1 Å². The predicted octanol–water partition coefficient (Wildman–Crippen LogP) is 2.79. The molecule has 21 heavy (non-hydrogen) atoms. The lowest BCUT2D eigenvalue weighted by atomic mass is 10.1. The van der Waals surface area contributed by atoms with E-state index in [-0.39, 0.29) is 16.8 Å². The van der Waals surface area contributed by atoms with Gasteiger partial charge in [-0.3, -0.25) is 4.79 Å². The first-order valence-corrected chi connectivity index (χ1v) is 6.02. The van der Waals surface area contributed by atoms with Crippen LogP contribution in [-0.4, -0.2) is 22.1 Å². The third-order valence-electron chi connectivity index (χ3n) is 2.85. The van der Waals surface area contributed by atoms with Gasteiger partial charge in [-0.15, -0.1) is 0 Å². The molecule has 108 valence electrons. The van der Waals surface area contributed by atoms with E-state index >= 15 is 0 Å². The summed E-state index contributed by atoms with van der Waals surface area (Å²) in [5.74, 6) is -3.11. The van der Waals surface area contributed by atoms with Gasteiger partial charge in [0.15, 0.2) is 0 Å². The number of nitrogens with one attached hydrogen (secondary N) is 1. The Morgan fingerprint density at radius 2 is 1.81 bits per heavy atom.